The zero-order chi connectivity index (χ0) is 19.9. The van der Waals surface area contributed by atoms with Gasteiger partial charge in [0.15, 0.2) is 0 Å². The predicted molar refractivity (Wildman–Crippen MR) is 114 cm³/mol. The molecule has 0 fully saturated rings. The van der Waals surface area contributed by atoms with E-state index in [1.54, 1.807) is 0 Å². The highest BCUT2D eigenvalue weighted by Gasteiger charge is 2.41. The predicted octanol–water partition coefficient (Wildman–Crippen LogP) is 5.35. The lowest BCUT2D eigenvalue weighted by Gasteiger charge is -2.18. The monoisotopic (exact) mass is 379 g/mol. The maximum Gasteiger partial charge on any atom is 0.272 e. The smallest absolute Gasteiger partial charge is 0.268 e. The summed E-state index contributed by atoms with van der Waals surface area (Å²) in [5.41, 5.74) is 6.12. The van der Waals surface area contributed by atoms with Gasteiger partial charge in [-0.05, 0) is 56.0 Å². The summed E-state index contributed by atoms with van der Waals surface area (Å²) >= 11 is 1.47. The topological polar surface area (TPSA) is 37.4 Å². The van der Waals surface area contributed by atoms with Gasteiger partial charge in [-0.3, -0.25) is 9.59 Å². The van der Waals surface area contributed by atoms with Crippen LogP contribution in [0.15, 0.2) is 41.3 Å². The Morgan fingerprint density at radius 3 is 2.07 bits per heavy atom. The van der Waals surface area contributed by atoms with E-state index in [1.807, 2.05) is 71.9 Å². The molecule has 0 N–H and O–H groups in total. The van der Waals surface area contributed by atoms with E-state index in [-0.39, 0.29) is 17.1 Å². The van der Waals surface area contributed by atoms with E-state index in [2.05, 4.69) is 6.07 Å². The molecular weight excluding hydrogens is 354 g/mol. The van der Waals surface area contributed by atoms with Crippen molar-refractivity contribution >= 4 is 34.8 Å². The molecule has 27 heavy (non-hydrogen) atoms. The summed E-state index contributed by atoms with van der Waals surface area (Å²) in [6.45, 7) is 12.0. The maximum absolute atomic E-state index is 13.4. The lowest BCUT2D eigenvalue weighted by Crippen LogP contribution is -2.32. The summed E-state index contributed by atoms with van der Waals surface area (Å²) in [7, 11) is 0. The molecule has 3 nitrogen and oxygen atoms in total. The molecule has 2 amide bonds. The van der Waals surface area contributed by atoms with E-state index in [0.717, 1.165) is 27.8 Å². The van der Waals surface area contributed by atoms with E-state index in [9.17, 15) is 9.59 Å². The number of imide groups is 1. The van der Waals surface area contributed by atoms with Gasteiger partial charge in [0.25, 0.3) is 11.8 Å². The number of anilines is 1. The zero-order valence-corrected chi connectivity index (χ0v) is 17.5. The Hall–Kier alpha value is -2.33. The van der Waals surface area contributed by atoms with Gasteiger partial charge in [0.2, 0.25) is 0 Å². The Morgan fingerprint density at radius 1 is 0.815 bits per heavy atom. The molecule has 0 bridgehead atoms. The molecule has 0 aromatic heterocycles. The molecule has 1 aliphatic heterocycles. The van der Waals surface area contributed by atoms with Crippen molar-refractivity contribution in [2.45, 2.75) is 46.8 Å². The number of carbonyl (C=O) groups excluding carboxylic acids is 2. The number of hydrogen-bond acceptors (Lipinski definition) is 3. The van der Waals surface area contributed by atoms with Crippen molar-refractivity contribution in [1.29, 1.82) is 0 Å². The molecule has 0 radical (unpaired) electrons. The van der Waals surface area contributed by atoms with Crippen molar-refractivity contribution in [2.24, 2.45) is 0 Å². The number of benzene rings is 2. The highest BCUT2D eigenvalue weighted by atomic mass is 32.2. The fourth-order valence-corrected chi connectivity index (χ4v) is 4.34. The van der Waals surface area contributed by atoms with Crippen LogP contribution in [0.2, 0.25) is 0 Å². The van der Waals surface area contributed by atoms with Gasteiger partial charge >= 0.3 is 0 Å². The number of thioether (sulfide) groups is 1. The largest absolute Gasteiger partial charge is 0.272 e. The second-order valence-electron chi connectivity index (χ2n) is 7.42. The van der Waals surface area contributed by atoms with Crippen LogP contribution < -0.4 is 4.90 Å². The summed E-state index contributed by atoms with van der Waals surface area (Å²) in [6.07, 6.45) is 0. The van der Waals surface area contributed by atoms with Crippen LogP contribution in [0.3, 0.4) is 0 Å². The molecule has 4 heteroatoms. The normalized spacial score (nSPS) is 14.7. The van der Waals surface area contributed by atoms with Crippen LogP contribution in [-0.2, 0) is 9.59 Å². The van der Waals surface area contributed by atoms with Gasteiger partial charge in [-0.1, -0.05) is 49.7 Å². The van der Waals surface area contributed by atoms with Crippen LogP contribution in [-0.4, -0.2) is 17.1 Å². The van der Waals surface area contributed by atoms with E-state index in [4.69, 9.17) is 0 Å². The van der Waals surface area contributed by atoms with Gasteiger partial charge in [0.05, 0.1) is 16.2 Å². The molecule has 0 unspecified atom stereocenters. The minimum atomic E-state index is -0.233. The minimum absolute atomic E-state index is 0.205. The van der Waals surface area contributed by atoms with Crippen LogP contribution in [0, 0.1) is 27.7 Å². The van der Waals surface area contributed by atoms with Crippen molar-refractivity contribution in [1.82, 2.24) is 0 Å². The quantitative estimate of drug-likeness (QED) is 0.672. The van der Waals surface area contributed by atoms with Gasteiger partial charge < -0.3 is 0 Å². The Kier molecular flexibility index (Phi) is 5.29. The van der Waals surface area contributed by atoms with Crippen LogP contribution in [0.1, 0.15) is 41.7 Å². The highest BCUT2D eigenvalue weighted by molar-refractivity contribution is 8.04. The van der Waals surface area contributed by atoms with Crippen LogP contribution in [0.5, 0.6) is 0 Å². The Balaban J connectivity index is 2.19. The molecule has 2 aromatic carbocycles. The number of carbonyl (C=O) groups is 2. The van der Waals surface area contributed by atoms with Crippen molar-refractivity contribution in [3.8, 4) is 0 Å². The van der Waals surface area contributed by atoms with Gasteiger partial charge in [-0.15, -0.1) is 11.8 Å². The second-order valence-corrected chi connectivity index (χ2v) is 9.01. The fraction of sp³-hybridized carbons (Fsp3) is 0.304. The average Bonchev–Trinajstić information content (AvgIpc) is 2.81. The Labute approximate surface area is 165 Å². The first-order valence-corrected chi connectivity index (χ1v) is 10.0. The lowest BCUT2D eigenvalue weighted by atomic mass is 9.98. The molecule has 0 saturated heterocycles. The van der Waals surface area contributed by atoms with Crippen molar-refractivity contribution in [3.05, 3.63) is 69.1 Å². The lowest BCUT2D eigenvalue weighted by molar-refractivity contribution is -0.119. The standard InChI is InChI=1S/C23H25NO2S/c1-13(2)27-21-20(18-10-8-14(3)11-17(18)6)22(25)24(23(21)26)19-12-15(4)7-9-16(19)5/h7-13H,1-6H3. The zero-order valence-electron chi connectivity index (χ0n) is 16.7. The summed E-state index contributed by atoms with van der Waals surface area (Å²) in [6, 6.07) is 11.9. The van der Waals surface area contributed by atoms with Gasteiger partial charge in [0.1, 0.15) is 0 Å². The molecule has 0 atom stereocenters. The summed E-state index contributed by atoms with van der Waals surface area (Å²) < 4.78 is 0. The summed E-state index contributed by atoms with van der Waals surface area (Å²) in [4.78, 5) is 28.6. The maximum atomic E-state index is 13.4. The first-order valence-electron chi connectivity index (χ1n) is 9.15. The molecule has 2 aromatic rings. The molecular formula is C23H25NO2S. The van der Waals surface area contributed by atoms with E-state index < -0.39 is 0 Å². The third kappa shape index (κ3) is 3.59. The Morgan fingerprint density at radius 2 is 1.44 bits per heavy atom. The van der Waals surface area contributed by atoms with Crippen LogP contribution >= 0.6 is 11.8 Å². The van der Waals surface area contributed by atoms with E-state index >= 15 is 0 Å². The van der Waals surface area contributed by atoms with Crippen molar-refractivity contribution < 1.29 is 9.59 Å². The fourth-order valence-electron chi connectivity index (χ4n) is 3.37. The molecule has 3 rings (SSSR count). The molecule has 140 valence electrons. The SMILES string of the molecule is Cc1ccc(C2=C(SC(C)C)C(=O)N(c3cc(C)ccc3C)C2=O)c(C)c1. The van der Waals surface area contributed by atoms with Crippen molar-refractivity contribution in [2.75, 3.05) is 4.90 Å². The van der Waals surface area contributed by atoms with Crippen LogP contribution in [0.25, 0.3) is 5.57 Å². The van der Waals surface area contributed by atoms with Gasteiger partial charge in [-0.2, -0.15) is 0 Å². The van der Waals surface area contributed by atoms with Crippen LogP contribution in [0.4, 0.5) is 5.69 Å². The third-order valence-electron chi connectivity index (χ3n) is 4.65. The van der Waals surface area contributed by atoms with E-state index in [0.29, 0.717) is 16.2 Å². The number of aryl methyl sites for hydroxylation is 4. The molecule has 0 aliphatic carbocycles. The first-order chi connectivity index (χ1) is 12.7. The number of amides is 2. The molecule has 0 saturated carbocycles. The van der Waals surface area contributed by atoms with Gasteiger partial charge in [0, 0.05) is 5.25 Å². The number of hydrogen-bond donors (Lipinski definition) is 0. The minimum Gasteiger partial charge on any atom is -0.268 e. The average molecular weight is 380 g/mol. The Bertz CT molecular complexity index is 972. The molecule has 1 heterocycles. The molecule has 1 aliphatic rings. The van der Waals surface area contributed by atoms with E-state index in [1.165, 1.54) is 16.7 Å². The van der Waals surface area contributed by atoms with Crippen molar-refractivity contribution in [3.63, 3.8) is 0 Å². The first kappa shape index (κ1) is 19.4. The highest BCUT2D eigenvalue weighted by Crippen LogP contribution is 2.41. The number of nitrogens with zero attached hydrogens (tertiary/aromatic N) is 1. The second kappa shape index (κ2) is 7.35. The summed E-state index contributed by atoms with van der Waals surface area (Å²) in [5.74, 6) is -0.453. The third-order valence-corrected chi connectivity index (χ3v) is 5.74. The summed E-state index contributed by atoms with van der Waals surface area (Å²) in [5, 5.41) is 0.205. The number of rotatable bonds is 4. The molecule has 0 spiro atoms. The van der Waals surface area contributed by atoms with Gasteiger partial charge in [-0.25, -0.2) is 4.90 Å².